The highest BCUT2D eigenvalue weighted by Gasteiger charge is 2.27. The van der Waals surface area contributed by atoms with Crippen molar-refractivity contribution in [3.63, 3.8) is 0 Å². The van der Waals surface area contributed by atoms with Crippen LogP contribution in [0.3, 0.4) is 0 Å². The first-order chi connectivity index (χ1) is 9.74. The normalized spacial score (nSPS) is 25.9. The summed E-state index contributed by atoms with van der Waals surface area (Å²) in [5.74, 6) is 0.110. The van der Waals surface area contributed by atoms with Crippen LogP contribution in [0, 0.1) is 0 Å². The molecule has 0 bridgehead atoms. The molecule has 0 unspecified atom stereocenters. The molecule has 4 heteroatoms. The molecule has 0 radical (unpaired) electrons. The van der Waals surface area contributed by atoms with Crippen LogP contribution in [0.25, 0.3) is 0 Å². The van der Waals surface area contributed by atoms with Crippen LogP contribution in [-0.2, 0) is 4.79 Å². The number of piperidine rings is 1. The van der Waals surface area contributed by atoms with E-state index in [2.05, 4.69) is 21.6 Å². The van der Waals surface area contributed by atoms with Gasteiger partial charge < -0.3 is 10.6 Å². The summed E-state index contributed by atoms with van der Waals surface area (Å²) in [6, 6.07) is 0.531. The third-order valence-corrected chi connectivity index (χ3v) is 3.80. The van der Waals surface area contributed by atoms with E-state index in [4.69, 9.17) is 0 Å². The molecule has 2 N–H and O–H groups in total. The predicted molar refractivity (Wildman–Crippen MR) is 84.5 cm³/mol. The van der Waals surface area contributed by atoms with Gasteiger partial charge in [0, 0.05) is 18.3 Å². The summed E-state index contributed by atoms with van der Waals surface area (Å²) >= 11 is 0. The number of hydrogen-bond donors (Lipinski definition) is 2. The number of carbonyl (C=O) groups excluding carboxylic acids is 1. The molecule has 2 aliphatic rings. The number of nitrogens with one attached hydrogen (secondary N) is 2. The van der Waals surface area contributed by atoms with E-state index in [1.807, 2.05) is 33.8 Å². The highest BCUT2D eigenvalue weighted by molar-refractivity contribution is 5.81. The van der Waals surface area contributed by atoms with Gasteiger partial charge in [0.15, 0.2) is 0 Å². The molecule has 0 aromatic heterocycles. The molecule has 2 rings (SSSR count). The first-order valence-electron chi connectivity index (χ1n) is 7.81. The molecule has 0 spiro atoms. The molecule has 2 fully saturated rings. The van der Waals surface area contributed by atoms with Crippen LogP contribution in [0.4, 0.5) is 0 Å². The SMILES string of the molecule is C/C=C1/CN(C2CCNCC2)CC(=O)N/C1=C/C.CC. The summed E-state index contributed by atoms with van der Waals surface area (Å²) in [5, 5.41) is 6.37. The van der Waals surface area contributed by atoms with Crippen molar-refractivity contribution >= 4 is 5.91 Å². The lowest BCUT2D eigenvalue weighted by atomic mass is 10.0. The number of nitrogens with zero attached hydrogens (tertiary/aromatic N) is 1. The molecule has 0 aliphatic carbocycles. The van der Waals surface area contributed by atoms with Crippen molar-refractivity contribution in [3.8, 4) is 0 Å². The predicted octanol–water partition coefficient (Wildman–Crippen LogP) is 2.05. The maximum absolute atomic E-state index is 11.9. The van der Waals surface area contributed by atoms with Gasteiger partial charge >= 0.3 is 0 Å². The van der Waals surface area contributed by atoms with E-state index in [1.54, 1.807) is 0 Å². The topological polar surface area (TPSA) is 44.4 Å². The van der Waals surface area contributed by atoms with Crippen molar-refractivity contribution in [2.24, 2.45) is 0 Å². The van der Waals surface area contributed by atoms with Crippen molar-refractivity contribution in [2.75, 3.05) is 26.2 Å². The quantitative estimate of drug-likeness (QED) is 0.772. The molecule has 1 amide bonds. The average molecular weight is 279 g/mol. The lowest BCUT2D eigenvalue weighted by Gasteiger charge is -2.33. The van der Waals surface area contributed by atoms with E-state index in [1.165, 1.54) is 5.57 Å². The number of amides is 1. The number of allylic oxidation sites excluding steroid dienone is 2. The Labute approximate surface area is 123 Å². The maximum atomic E-state index is 11.9. The first kappa shape index (κ1) is 16.9. The van der Waals surface area contributed by atoms with E-state index in [-0.39, 0.29) is 5.91 Å². The van der Waals surface area contributed by atoms with Gasteiger partial charge in [-0.05, 0) is 45.4 Å². The van der Waals surface area contributed by atoms with Gasteiger partial charge in [0.05, 0.1) is 6.54 Å². The van der Waals surface area contributed by atoms with Gasteiger partial charge in [0.1, 0.15) is 0 Å². The monoisotopic (exact) mass is 279 g/mol. The number of hydrogen-bond acceptors (Lipinski definition) is 3. The fourth-order valence-corrected chi connectivity index (χ4v) is 2.75. The van der Waals surface area contributed by atoms with Crippen molar-refractivity contribution in [1.82, 2.24) is 15.5 Å². The van der Waals surface area contributed by atoms with Crippen LogP contribution >= 0.6 is 0 Å². The van der Waals surface area contributed by atoms with Gasteiger partial charge in [-0.2, -0.15) is 0 Å². The fraction of sp³-hybridized carbons (Fsp3) is 0.688. The second-order valence-electron chi connectivity index (χ2n) is 4.95. The third kappa shape index (κ3) is 4.46. The smallest absolute Gasteiger partial charge is 0.238 e. The Hall–Kier alpha value is -1.13. The molecule has 0 saturated carbocycles. The molecule has 0 aromatic carbocycles. The Morgan fingerprint density at radius 3 is 2.30 bits per heavy atom. The van der Waals surface area contributed by atoms with Crippen molar-refractivity contribution in [3.05, 3.63) is 23.4 Å². The Morgan fingerprint density at radius 1 is 1.10 bits per heavy atom. The average Bonchev–Trinajstić information content (AvgIpc) is 2.68. The van der Waals surface area contributed by atoms with Gasteiger partial charge in [-0.25, -0.2) is 0 Å². The summed E-state index contributed by atoms with van der Waals surface area (Å²) in [7, 11) is 0. The Morgan fingerprint density at radius 2 is 1.75 bits per heavy atom. The van der Waals surface area contributed by atoms with Crippen molar-refractivity contribution in [1.29, 1.82) is 0 Å². The van der Waals surface area contributed by atoms with Crippen molar-refractivity contribution in [2.45, 2.75) is 46.6 Å². The third-order valence-electron chi connectivity index (χ3n) is 3.80. The summed E-state index contributed by atoms with van der Waals surface area (Å²) in [5.41, 5.74) is 2.20. The minimum Gasteiger partial charge on any atom is -0.325 e. The number of carbonyl (C=O) groups is 1. The molecule has 0 atom stereocenters. The molecule has 2 saturated heterocycles. The lowest BCUT2D eigenvalue weighted by molar-refractivity contribution is -0.121. The van der Waals surface area contributed by atoms with Crippen LogP contribution in [0.15, 0.2) is 23.4 Å². The van der Waals surface area contributed by atoms with E-state index < -0.39 is 0 Å². The molecule has 2 heterocycles. The summed E-state index contributed by atoms with van der Waals surface area (Å²) in [6.45, 7) is 11.5. The van der Waals surface area contributed by atoms with Crippen LogP contribution in [-0.4, -0.2) is 43.0 Å². The fourth-order valence-electron chi connectivity index (χ4n) is 2.75. The summed E-state index contributed by atoms with van der Waals surface area (Å²) in [6.07, 6.45) is 6.36. The zero-order chi connectivity index (χ0) is 15.0. The summed E-state index contributed by atoms with van der Waals surface area (Å²) in [4.78, 5) is 14.3. The van der Waals surface area contributed by atoms with Crippen LogP contribution in [0.1, 0.15) is 40.5 Å². The van der Waals surface area contributed by atoms with E-state index >= 15 is 0 Å². The summed E-state index contributed by atoms with van der Waals surface area (Å²) < 4.78 is 0. The highest BCUT2D eigenvalue weighted by Crippen LogP contribution is 2.19. The minimum atomic E-state index is 0.110. The highest BCUT2D eigenvalue weighted by atomic mass is 16.2. The largest absolute Gasteiger partial charge is 0.325 e. The molecule has 4 nitrogen and oxygen atoms in total. The van der Waals surface area contributed by atoms with E-state index in [0.717, 1.165) is 38.2 Å². The van der Waals surface area contributed by atoms with Crippen molar-refractivity contribution < 1.29 is 4.79 Å². The standard InChI is InChI=1S/C14H23N3O.C2H6/c1-3-11-9-17(12-5-7-15-8-6-12)10-14(18)16-13(11)4-2;1-2/h3-4,12,15H,5-10H2,1-2H3,(H,16,18);1-2H3/b11-3-,13-4+;. The van der Waals surface area contributed by atoms with Gasteiger partial charge in [0.2, 0.25) is 5.91 Å². The number of rotatable bonds is 1. The maximum Gasteiger partial charge on any atom is 0.238 e. The molecule has 20 heavy (non-hydrogen) atoms. The zero-order valence-electron chi connectivity index (χ0n) is 13.3. The van der Waals surface area contributed by atoms with E-state index in [0.29, 0.717) is 12.6 Å². The Kier molecular flexibility index (Phi) is 7.55. The van der Waals surface area contributed by atoms with Crippen LogP contribution in [0.2, 0.25) is 0 Å². The van der Waals surface area contributed by atoms with E-state index in [9.17, 15) is 4.79 Å². The molecule has 2 aliphatic heterocycles. The van der Waals surface area contributed by atoms with Gasteiger partial charge in [0.25, 0.3) is 0 Å². The van der Waals surface area contributed by atoms with Gasteiger partial charge in [-0.3, -0.25) is 9.69 Å². The zero-order valence-corrected chi connectivity index (χ0v) is 13.3. The second-order valence-corrected chi connectivity index (χ2v) is 4.95. The van der Waals surface area contributed by atoms with Crippen LogP contribution in [0.5, 0.6) is 0 Å². The lowest BCUT2D eigenvalue weighted by Crippen LogP contribution is -2.45. The van der Waals surface area contributed by atoms with Gasteiger partial charge in [-0.15, -0.1) is 0 Å². The minimum absolute atomic E-state index is 0.110. The first-order valence-corrected chi connectivity index (χ1v) is 7.81. The second kappa shape index (κ2) is 8.93. The van der Waals surface area contributed by atoms with Crippen LogP contribution < -0.4 is 10.6 Å². The molecule has 0 aromatic rings. The Balaban J connectivity index is 0.000000956. The molecular weight excluding hydrogens is 250 g/mol. The van der Waals surface area contributed by atoms with Gasteiger partial charge in [-0.1, -0.05) is 26.0 Å². The molecule has 114 valence electrons. The molecular formula is C16H29N3O. The Bertz CT molecular complexity index is 368.